The number of piperidine rings is 1. The SMILES string of the molecule is O=[N+]([O-])c1cnc(N2CCOCC2)cc1N1CCCCC1. The molecule has 7 heteroatoms. The average molecular weight is 292 g/mol. The molecule has 0 N–H and O–H groups in total. The van der Waals surface area contributed by atoms with E-state index in [0.29, 0.717) is 18.9 Å². The van der Waals surface area contributed by atoms with Crippen LogP contribution in [0.5, 0.6) is 0 Å². The maximum atomic E-state index is 11.3. The summed E-state index contributed by atoms with van der Waals surface area (Å²) in [6.45, 7) is 4.69. The summed E-state index contributed by atoms with van der Waals surface area (Å²) < 4.78 is 5.34. The van der Waals surface area contributed by atoms with Crippen molar-refractivity contribution in [1.82, 2.24) is 4.98 Å². The number of ether oxygens (including phenoxy) is 1. The van der Waals surface area contributed by atoms with Crippen LogP contribution in [0.1, 0.15) is 19.3 Å². The van der Waals surface area contributed by atoms with Gasteiger partial charge in [-0.05, 0) is 19.3 Å². The number of rotatable bonds is 3. The number of hydrogen-bond acceptors (Lipinski definition) is 6. The summed E-state index contributed by atoms with van der Waals surface area (Å²) in [6, 6.07) is 1.87. The van der Waals surface area contributed by atoms with Gasteiger partial charge in [0.15, 0.2) is 0 Å². The normalized spacial score (nSPS) is 19.6. The van der Waals surface area contributed by atoms with E-state index in [2.05, 4.69) is 14.8 Å². The Morgan fingerprint density at radius 3 is 2.48 bits per heavy atom. The topological polar surface area (TPSA) is 71.7 Å². The highest BCUT2D eigenvalue weighted by Gasteiger charge is 2.24. The van der Waals surface area contributed by atoms with E-state index in [0.717, 1.165) is 44.8 Å². The van der Waals surface area contributed by atoms with Crippen LogP contribution in [0, 0.1) is 10.1 Å². The minimum absolute atomic E-state index is 0.105. The van der Waals surface area contributed by atoms with Crippen molar-refractivity contribution in [2.45, 2.75) is 19.3 Å². The summed E-state index contributed by atoms with van der Waals surface area (Å²) >= 11 is 0. The molecule has 0 aromatic carbocycles. The zero-order valence-corrected chi connectivity index (χ0v) is 12.0. The Hall–Kier alpha value is -1.89. The average Bonchev–Trinajstić information content (AvgIpc) is 2.56. The molecular formula is C14H20N4O3. The van der Waals surface area contributed by atoms with Gasteiger partial charge in [-0.15, -0.1) is 0 Å². The van der Waals surface area contributed by atoms with Gasteiger partial charge in [0.05, 0.1) is 18.1 Å². The van der Waals surface area contributed by atoms with Gasteiger partial charge in [0, 0.05) is 32.2 Å². The maximum absolute atomic E-state index is 11.3. The van der Waals surface area contributed by atoms with Crippen molar-refractivity contribution in [3.8, 4) is 0 Å². The summed E-state index contributed by atoms with van der Waals surface area (Å²) in [6.07, 6.45) is 4.78. The van der Waals surface area contributed by atoms with Crippen LogP contribution in [0.25, 0.3) is 0 Å². The van der Waals surface area contributed by atoms with Gasteiger partial charge in [-0.1, -0.05) is 0 Å². The minimum Gasteiger partial charge on any atom is -0.378 e. The van der Waals surface area contributed by atoms with Crippen molar-refractivity contribution in [2.24, 2.45) is 0 Å². The van der Waals surface area contributed by atoms with Crippen molar-refractivity contribution in [2.75, 3.05) is 49.2 Å². The number of nitro groups is 1. The molecule has 2 saturated heterocycles. The fourth-order valence-electron chi connectivity index (χ4n) is 2.92. The van der Waals surface area contributed by atoms with E-state index in [1.54, 1.807) is 0 Å². The molecule has 1 aromatic rings. The van der Waals surface area contributed by atoms with E-state index < -0.39 is 0 Å². The van der Waals surface area contributed by atoms with Crippen LogP contribution < -0.4 is 9.80 Å². The lowest BCUT2D eigenvalue weighted by molar-refractivity contribution is -0.384. The number of aromatic nitrogens is 1. The fourth-order valence-corrected chi connectivity index (χ4v) is 2.92. The fraction of sp³-hybridized carbons (Fsp3) is 0.643. The van der Waals surface area contributed by atoms with Gasteiger partial charge in [0.1, 0.15) is 17.7 Å². The quantitative estimate of drug-likeness (QED) is 0.625. The lowest BCUT2D eigenvalue weighted by atomic mass is 10.1. The Labute approximate surface area is 123 Å². The minimum atomic E-state index is -0.333. The van der Waals surface area contributed by atoms with Crippen LogP contribution in [0.3, 0.4) is 0 Å². The summed E-state index contributed by atoms with van der Waals surface area (Å²) in [5.74, 6) is 0.810. The number of anilines is 2. The molecule has 0 bridgehead atoms. The standard InChI is InChI=1S/C14H20N4O3/c19-18(20)13-11-15-14(17-6-8-21-9-7-17)10-12(13)16-4-2-1-3-5-16/h10-11H,1-9H2. The molecule has 0 atom stereocenters. The van der Waals surface area contributed by atoms with Crippen LogP contribution in [0.2, 0.25) is 0 Å². The summed E-state index contributed by atoms with van der Waals surface area (Å²) in [5, 5.41) is 11.3. The summed E-state index contributed by atoms with van der Waals surface area (Å²) in [4.78, 5) is 19.4. The maximum Gasteiger partial charge on any atom is 0.310 e. The van der Waals surface area contributed by atoms with Crippen LogP contribution >= 0.6 is 0 Å². The molecule has 2 fully saturated rings. The molecule has 0 aliphatic carbocycles. The van der Waals surface area contributed by atoms with Crippen LogP contribution in [0.15, 0.2) is 12.3 Å². The van der Waals surface area contributed by atoms with Crippen molar-refractivity contribution in [1.29, 1.82) is 0 Å². The molecule has 114 valence electrons. The largest absolute Gasteiger partial charge is 0.378 e. The number of nitrogens with zero attached hydrogens (tertiary/aromatic N) is 4. The summed E-state index contributed by atoms with van der Waals surface area (Å²) in [7, 11) is 0. The van der Waals surface area contributed by atoms with Crippen molar-refractivity contribution < 1.29 is 9.66 Å². The van der Waals surface area contributed by atoms with Crippen molar-refractivity contribution in [3.63, 3.8) is 0 Å². The van der Waals surface area contributed by atoms with Gasteiger partial charge in [-0.3, -0.25) is 10.1 Å². The van der Waals surface area contributed by atoms with Gasteiger partial charge in [-0.2, -0.15) is 0 Å². The van der Waals surface area contributed by atoms with Crippen LogP contribution in [0.4, 0.5) is 17.2 Å². The highest BCUT2D eigenvalue weighted by Crippen LogP contribution is 2.32. The Morgan fingerprint density at radius 1 is 1.10 bits per heavy atom. The summed E-state index contributed by atoms with van der Waals surface area (Å²) in [5.41, 5.74) is 0.810. The molecule has 2 aliphatic rings. The van der Waals surface area contributed by atoms with Gasteiger partial charge < -0.3 is 14.5 Å². The molecule has 2 aliphatic heterocycles. The van der Waals surface area contributed by atoms with E-state index >= 15 is 0 Å². The smallest absolute Gasteiger partial charge is 0.310 e. The molecule has 0 amide bonds. The number of hydrogen-bond donors (Lipinski definition) is 0. The zero-order chi connectivity index (χ0) is 14.7. The predicted octanol–water partition coefficient (Wildman–Crippen LogP) is 1.82. The highest BCUT2D eigenvalue weighted by molar-refractivity contribution is 5.67. The second kappa shape index (κ2) is 6.26. The molecule has 21 heavy (non-hydrogen) atoms. The van der Waals surface area contributed by atoms with Crippen LogP contribution in [-0.4, -0.2) is 49.3 Å². The van der Waals surface area contributed by atoms with Gasteiger partial charge in [-0.25, -0.2) is 4.98 Å². The van der Waals surface area contributed by atoms with Crippen molar-refractivity contribution in [3.05, 3.63) is 22.4 Å². The van der Waals surface area contributed by atoms with E-state index in [-0.39, 0.29) is 10.6 Å². The third kappa shape index (κ3) is 3.07. The molecule has 7 nitrogen and oxygen atoms in total. The molecule has 0 radical (unpaired) electrons. The van der Waals surface area contributed by atoms with E-state index in [1.165, 1.54) is 12.6 Å². The molecule has 0 unspecified atom stereocenters. The molecule has 3 rings (SSSR count). The highest BCUT2D eigenvalue weighted by atomic mass is 16.6. The number of morpholine rings is 1. The predicted molar refractivity (Wildman–Crippen MR) is 80.0 cm³/mol. The first-order chi connectivity index (χ1) is 10.3. The van der Waals surface area contributed by atoms with Crippen LogP contribution in [-0.2, 0) is 4.74 Å². The third-order valence-electron chi connectivity index (χ3n) is 4.08. The first kappa shape index (κ1) is 14.1. The molecule has 0 saturated carbocycles. The zero-order valence-electron chi connectivity index (χ0n) is 12.0. The van der Waals surface area contributed by atoms with Gasteiger partial charge >= 0.3 is 5.69 Å². The molecule has 3 heterocycles. The van der Waals surface area contributed by atoms with Crippen molar-refractivity contribution >= 4 is 17.2 Å². The molecular weight excluding hydrogens is 272 g/mol. The Morgan fingerprint density at radius 2 is 1.81 bits per heavy atom. The monoisotopic (exact) mass is 292 g/mol. The van der Waals surface area contributed by atoms with E-state index in [4.69, 9.17) is 4.74 Å². The lowest BCUT2D eigenvalue weighted by Crippen LogP contribution is -2.37. The second-order valence-corrected chi connectivity index (χ2v) is 5.44. The Balaban J connectivity index is 1.91. The first-order valence-corrected chi connectivity index (χ1v) is 7.48. The third-order valence-corrected chi connectivity index (χ3v) is 4.08. The van der Waals surface area contributed by atoms with Gasteiger partial charge in [0.2, 0.25) is 0 Å². The Kier molecular flexibility index (Phi) is 4.19. The molecule has 1 aromatic heterocycles. The number of pyridine rings is 1. The Bertz CT molecular complexity index is 511. The van der Waals surface area contributed by atoms with Gasteiger partial charge in [0.25, 0.3) is 0 Å². The lowest BCUT2D eigenvalue weighted by Gasteiger charge is -2.31. The second-order valence-electron chi connectivity index (χ2n) is 5.44. The van der Waals surface area contributed by atoms with E-state index in [9.17, 15) is 10.1 Å². The first-order valence-electron chi connectivity index (χ1n) is 7.48. The van der Waals surface area contributed by atoms with E-state index in [1.807, 2.05) is 6.07 Å². The molecule has 0 spiro atoms.